The lowest BCUT2D eigenvalue weighted by molar-refractivity contribution is -0.401. The van der Waals surface area contributed by atoms with Crippen LogP contribution in [0.5, 0.6) is 0 Å². The van der Waals surface area contributed by atoms with E-state index < -0.39 is 4.92 Å². The van der Waals surface area contributed by atoms with Crippen LogP contribution in [-0.2, 0) is 15.1 Å². The van der Waals surface area contributed by atoms with E-state index in [1.54, 1.807) is 23.9 Å². The van der Waals surface area contributed by atoms with Crippen LogP contribution in [-0.4, -0.2) is 27.3 Å². The summed E-state index contributed by atoms with van der Waals surface area (Å²) in [6.07, 6.45) is 5.94. The van der Waals surface area contributed by atoms with Crippen LogP contribution in [0.25, 0.3) is 6.08 Å². The molecular formula is C12H15N3O4. The van der Waals surface area contributed by atoms with Crippen LogP contribution in [0, 0.1) is 10.1 Å². The number of esters is 1. The molecule has 19 heavy (non-hydrogen) atoms. The fraction of sp³-hybridized carbons (Fsp3) is 0.500. The van der Waals surface area contributed by atoms with Gasteiger partial charge < -0.3 is 4.74 Å². The van der Waals surface area contributed by atoms with Crippen LogP contribution in [0.3, 0.4) is 0 Å². The van der Waals surface area contributed by atoms with E-state index in [0.717, 1.165) is 19.0 Å². The topological polar surface area (TPSA) is 87.3 Å². The van der Waals surface area contributed by atoms with Crippen molar-refractivity contribution >= 4 is 12.0 Å². The first-order valence-corrected chi connectivity index (χ1v) is 6.09. The molecule has 0 N–H and O–H groups in total. The second-order valence-electron chi connectivity index (χ2n) is 4.49. The number of hydrogen-bond acceptors (Lipinski definition) is 5. The van der Waals surface area contributed by atoms with Gasteiger partial charge in [0.2, 0.25) is 6.20 Å². The van der Waals surface area contributed by atoms with Crippen molar-refractivity contribution in [1.29, 1.82) is 0 Å². The number of hydrogen-bond donors (Lipinski definition) is 0. The molecule has 0 radical (unpaired) electrons. The van der Waals surface area contributed by atoms with Crippen molar-refractivity contribution in [2.45, 2.75) is 31.7 Å². The molecule has 1 aliphatic carbocycles. The van der Waals surface area contributed by atoms with Crippen molar-refractivity contribution in [3.8, 4) is 0 Å². The minimum absolute atomic E-state index is 0.238. The Bertz CT molecular complexity index is 517. The largest absolute Gasteiger partial charge is 0.466 e. The van der Waals surface area contributed by atoms with E-state index in [1.807, 2.05) is 0 Å². The summed E-state index contributed by atoms with van der Waals surface area (Å²) in [6.45, 7) is 2.14. The van der Waals surface area contributed by atoms with Crippen molar-refractivity contribution in [1.82, 2.24) is 9.78 Å². The summed E-state index contributed by atoms with van der Waals surface area (Å²) >= 11 is 0. The highest BCUT2D eigenvalue weighted by atomic mass is 16.6. The van der Waals surface area contributed by atoms with Gasteiger partial charge >= 0.3 is 5.97 Å². The molecule has 0 aliphatic heterocycles. The normalized spacial score (nSPS) is 16.5. The maximum absolute atomic E-state index is 11.5. The van der Waals surface area contributed by atoms with Gasteiger partial charge in [0.15, 0.2) is 0 Å². The van der Waals surface area contributed by atoms with Gasteiger partial charge in [0.05, 0.1) is 29.2 Å². The van der Waals surface area contributed by atoms with E-state index in [1.165, 1.54) is 6.08 Å². The molecule has 102 valence electrons. The zero-order valence-corrected chi connectivity index (χ0v) is 10.6. The highest BCUT2D eigenvalue weighted by molar-refractivity contribution is 5.71. The van der Waals surface area contributed by atoms with Gasteiger partial charge in [0, 0.05) is 12.3 Å². The van der Waals surface area contributed by atoms with Gasteiger partial charge in [0.25, 0.3) is 0 Å². The minimum atomic E-state index is -0.537. The first kappa shape index (κ1) is 13.3. The third kappa shape index (κ3) is 3.18. The third-order valence-corrected chi connectivity index (χ3v) is 3.07. The van der Waals surface area contributed by atoms with Crippen LogP contribution >= 0.6 is 0 Å². The Kier molecular flexibility index (Phi) is 3.64. The molecule has 1 aliphatic rings. The predicted octanol–water partition coefficient (Wildman–Crippen LogP) is 1.57. The smallest absolute Gasteiger partial charge is 0.308 e. The highest BCUT2D eigenvalue weighted by Gasteiger charge is 2.47. The van der Waals surface area contributed by atoms with Crippen LogP contribution in [0.4, 0.5) is 0 Å². The lowest BCUT2D eigenvalue weighted by Gasteiger charge is -2.14. The summed E-state index contributed by atoms with van der Waals surface area (Å²) in [5.41, 5.74) is 0.208. The molecule has 0 bridgehead atoms. The lowest BCUT2D eigenvalue weighted by Crippen LogP contribution is -2.23. The first-order chi connectivity index (χ1) is 9.05. The van der Waals surface area contributed by atoms with E-state index in [0.29, 0.717) is 18.7 Å². The molecule has 7 nitrogen and oxygen atoms in total. The van der Waals surface area contributed by atoms with E-state index in [9.17, 15) is 14.9 Å². The van der Waals surface area contributed by atoms with Crippen LogP contribution in [0.2, 0.25) is 0 Å². The molecule has 1 aromatic rings. The average Bonchev–Trinajstić information content (AvgIpc) is 2.96. The maximum atomic E-state index is 11.5. The highest BCUT2D eigenvalue weighted by Crippen LogP contribution is 2.46. The van der Waals surface area contributed by atoms with Gasteiger partial charge in [-0.1, -0.05) is 0 Å². The average molecular weight is 265 g/mol. The first-order valence-electron chi connectivity index (χ1n) is 6.09. The molecule has 1 aromatic heterocycles. The molecular weight excluding hydrogens is 250 g/mol. The maximum Gasteiger partial charge on any atom is 0.308 e. The second-order valence-corrected chi connectivity index (χ2v) is 4.49. The van der Waals surface area contributed by atoms with Gasteiger partial charge in [0.1, 0.15) is 0 Å². The number of nitrogens with zero attached hydrogens (tertiary/aromatic N) is 3. The fourth-order valence-corrected chi connectivity index (χ4v) is 1.94. The second kappa shape index (κ2) is 5.21. The van der Waals surface area contributed by atoms with Gasteiger partial charge in [-0.25, -0.2) is 0 Å². The summed E-state index contributed by atoms with van der Waals surface area (Å²) in [4.78, 5) is 21.2. The lowest BCUT2D eigenvalue weighted by atomic mass is 10.2. The Morgan fingerprint density at radius 2 is 2.42 bits per heavy atom. The minimum Gasteiger partial charge on any atom is -0.466 e. The quantitative estimate of drug-likeness (QED) is 0.442. The molecule has 1 saturated carbocycles. The van der Waals surface area contributed by atoms with E-state index in [-0.39, 0.29) is 11.5 Å². The molecule has 1 heterocycles. The number of aromatic nitrogens is 2. The van der Waals surface area contributed by atoms with Gasteiger partial charge in [-0.2, -0.15) is 5.10 Å². The molecule has 0 amide bonds. The van der Waals surface area contributed by atoms with Crippen LogP contribution < -0.4 is 0 Å². The molecule has 0 saturated heterocycles. The fourth-order valence-electron chi connectivity index (χ4n) is 1.94. The van der Waals surface area contributed by atoms with Gasteiger partial charge in [-0.05, 0) is 25.8 Å². The molecule has 0 atom stereocenters. The third-order valence-electron chi connectivity index (χ3n) is 3.07. The zero-order valence-electron chi connectivity index (χ0n) is 10.6. The van der Waals surface area contributed by atoms with E-state index >= 15 is 0 Å². The molecule has 0 spiro atoms. The number of carbonyl (C=O) groups is 1. The number of nitro groups is 1. The molecule has 2 rings (SSSR count). The molecule has 0 aromatic carbocycles. The predicted molar refractivity (Wildman–Crippen MR) is 66.7 cm³/mol. The molecule has 1 fully saturated rings. The number of carbonyl (C=O) groups excluding carboxylic acids is 1. The van der Waals surface area contributed by atoms with Crippen molar-refractivity contribution in [3.05, 3.63) is 34.3 Å². The van der Waals surface area contributed by atoms with Crippen LogP contribution in [0.1, 0.15) is 31.9 Å². The Morgan fingerprint density at radius 3 is 3.00 bits per heavy atom. The van der Waals surface area contributed by atoms with Crippen LogP contribution in [0.15, 0.2) is 18.5 Å². The Balaban J connectivity index is 2.05. The monoisotopic (exact) mass is 265 g/mol. The molecule has 7 heteroatoms. The summed E-state index contributed by atoms with van der Waals surface area (Å²) in [7, 11) is 0. The van der Waals surface area contributed by atoms with Crippen molar-refractivity contribution in [2.75, 3.05) is 6.61 Å². The summed E-state index contributed by atoms with van der Waals surface area (Å²) in [6, 6.07) is 1.69. The van der Waals surface area contributed by atoms with Crippen molar-refractivity contribution < 1.29 is 14.5 Å². The van der Waals surface area contributed by atoms with Gasteiger partial charge in [-0.15, -0.1) is 0 Å². The Labute approximate surface area is 110 Å². The standard InChI is InChI=1S/C12H15N3O4/c1-2-19-11(16)9-12(5-6-12)14-7-3-10(13-14)4-8-15(17)18/h3-4,7-8H,2,5-6,9H2,1H3/b8-4+. The van der Waals surface area contributed by atoms with Crippen molar-refractivity contribution in [2.24, 2.45) is 0 Å². The Morgan fingerprint density at radius 1 is 1.68 bits per heavy atom. The Hall–Kier alpha value is -2.18. The molecule has 0 unspecified atom stereocenters. The summed E-state index contributed by atoms with van der Waals surface area (Å²) < 4.78 is 6.65. The number of ether oxygens (including phenoxy) is 1. The zero-order chi connectivity index (χ0) is 13.9. The van der Waals surface area contributed by atoms with Crippen molar-refractivity contribution in [3.63, 3.8) is 0 Å². The summed E-state index contributed by atoms with van der Waals surface area (Å²) in [5.74, 6) is -0.238. The SMILES string of the molecule is CCOC(=O)CC1(n2ccc(/C=C/[N+](=O)[O-])n2)CC1. The summed E-state index contributed by atoms with van der Waals surface area (Å²) in [5, 5.41) is 14.5. The van der Waals surface area contributed by atoms with E-state index in [2.05, 4.69) is 5.10 Å². The van der Waals surface area contributed by atoms with E-state index in [4.69, 9.17) is 4.74 Å². The van der Waals surface area contributed by atoms with Gasteiger partial charge in [-0.3, -0.25) is 19.6 Å². The number of rotatable bonds is 6.